The van der Waals surface area contributed by atoms with Crippen molar-refractivity contribution in [3.05, 3.63) is 12.2 Å². The summed E-state index contributed by atoms with van der Waals surface area (Å²) in [5.74, 6) is -1.09. The Bertz CT molecular complexity index is 232. The molecule has 0 radical (unpaired) electrons. The molecule has 0 saturated carbocycles. The Morgan fingerprint density at radius 2 is 2.23 bits per heavy atom. The number of esters is 1. The van der Waals surface area contributed by atoms with Crippen LogP contribution in [0.3, 0.4) is 0 Å². The predicted molar refractivity (Wildman–Crippen MR) is 46.1 cm³/mol. The van der Waals surface area contributed by atoms with Gasteiger partial charge in [0.2, 0.25) is 0 Å². The van der Waals surface area contributed by atoms with Gasteiger partial charge in [0.25, 0.3) is 0 Å². The molecule has 1 heterocycles. The van der Waals surface area contributed by atoms with Crippen molar-refractivity contribution in [3.63, 3.8) is 0 Å². The Balaban J connectivity index is 2.57. The molecule has 0 aliphatic carbocycles. The molecule has 1 aliphatic heterocycles. The number of hydrogen-bond donors (Lipinski definition) is 0. The second-order valence-electron chi connectivity index (χ2n) is 3.33. The second-order valence-corrected chi connectivity index (χ2v) is 3.33. The Morgan fingerprint density at radius 1 is 1.62 bits per heavy atom. The van der Waals surface area contributed by atoms with Gasteiger partial charge in [0.15, 0.2) is 5.79 Å². The number of rotatable bonds is 2. The van der Waals surface area contributed by atoms with Crippen LogP contribution in [0.2, 0.25) is 0 Å². The van der Waals surface area contributed by atoms with Crippen LogP contribution in [0.4, 0.5) is 0 Å². The summed E-state index contributed by atoms with van der Waals surface area (Å²) in [4.78, 5) is 11.1. The number of carbonyl (C=O) groups excluding carboxylic acids is 1. The average molecular weight is 186 g/mol. The first kappa shape index (κ1) is 10.2. The van der Waals surface area contributed by atoms with E-state index in [2.05, 4.69) is 11.3 Å². The van der Waals surface area contributed by atoms with Gasteiger partial charge in [-0.2, -0.15) is 0 Å². The summed E-state index contributed by atoms with van der Waals surface area (Å²) < 4.78 is 15.2. The molecule has 1 atom stereocenters. The van der Waals surface area contributed by atoms with E-state index in [1.807, 2.05) is 0 Å². The second kappa shape index (κ2) is 3.47. The van der Waals surface area contributed by atoms with Crippen LogP contribution in [0.15, 0.2) is 12.2 Å². The lowest BCUT2D eigenvalue weighted by Gasteiger charge is -2.17. The summed E-state index contributed by atoms with van der Waals surface area (Å²) in [6.45, 7) is 7.52. The molecule has 0 aromatic carbocycles. The molecule has 0 bridgehead atoms. The van der Waals surface area contributed by atoms with E-state index in [-0.39, 0.29) is 6.10 Å². The van der Waals surface area contributed by atoms with E-state index in [1.165, 1.54) is 7.11 Å². The molecule has 1 rings (SSSR count). The zero-order chi connectivity index (χ0) is 10.1. The third kappa shape index (κ3) is 2.29. The molecule has 0 aromatic rings. The van der Waals surface area contributed by atoms with E-state index < -0.39 is 11.8 Å². The highest BCUT2D eigenvalue weighted by atomic mass is 16.7. The topological polar surface area (TPSA) is 44.8 Å². The minimum Gasteiger partial charge on any atom is -0.466 e. The molecule has 0 aromatic heterocycles. The van der Waals surface area contributed by atoms with Crippen LogP contribution in [0.25, 0.3) is 0 Å². The molecule has 0 spiro atoms. The van der Waals surface area contributed by atoms with E-state index in [0.717, 1.165) is 0 Å². The highest BCUT2D eigenvalue weighted by Crippen LogP contribution is 2.26. The van der Waals surface area contributed by atoms with E-state index >= 15 is 0 Å². The third-order valence-electron chi connectivity index (χ3n) is 1.84. The summed E-state index contributed by atoms with van der Waals surface area (Å²) in [7, 11) is 1.31. The van der Waals surface area contributed by atoms with Crippen molar-refractivity contribution in [2.45, 2.75) is 25.7 Å². The summed E-state index contributed by atoms with van der Waals surface area (Å²) in [5, 5.41) is 0. The average Bonchev–Trinajstić information content (AvgIpc) is 2.43. The van der Waals surface area contributed by atoms with Gasteiger partial charge in [-0.05, 0) is 13.8 Å². The smallest absolute Gasteiger partial charge is 0.335 e. The van der Waals surface area contributed by atoms with E-state index in [0.29, 0.717) is 12.2 Å². The van der Waals surface area contributed by atoms with Gasteiger partial charge in [-0.3, -0.25) is 0 Å². The van der Waals surface area contributed by atoms with Gasteiger partial charge in [-0.15, -0.1) is 0 Å². The quantitative estimate of drug-likeness (QED) is 0.474. The molecule has 4 nitrogen and oxygen atoms in total. The van der Waals surface area contributed by atoms with Gasteiger partial charge in [0.05, 0.1) is 19.3 Å². The lowest BCUT2D eigenvalue weighted by molar-refractivity contribution is -0.143. The van der Waals surface area contributed by atoms with Crippen LogP contribution >= 0.6 is 0 Å². The van der Waals surface area contributed by atoms with E-state index in [9.17, 15) is 4.79 Å². The van der Waals surface area contributed by atoms with Crippen LogP contribution in [0.5, 0.6) is 0 Å². The molecule has 13 heavy (non-hydrogen) atoms. The summed E-state index contributed by atoms with van der Waals surface area (Å²) >= 11 is 0. The Morgan fingerprint density at radius 3 is 2.62 bits per heavy atom. The van der Waals surface area contributed by atoms with E-state index in [1.54, 1.807) is 13.8 Å². The lowest BCUT2D eigenvalue weighted by atomic mass is 10.2. The predicted octanol–water partition coefficient (Wildman–Crippen LogP) is 0.867. The van der Waals surface area contributed by atoms with Gasteiger partial charge in [0.1, 0.15) is 6.10 Å². The minimum absolute atomic E-state index is 0.299. The summed E-state index contributed by atoms with van der Waals surface area (Å²) in [5.41, 5.74) is 0.299. The third-order valence-corrected chi connectivity index (χ3v) is 1.84. The Labute approximate surface area is 77.5 Å². The SMILES string of the molecule is C=C(C(=O)OC)C1COC(C)(C)O1. The molecule has 4 heteroatoms. The number of carbonyl (C=O) groups is 1. The molecular weight excluding hydrogens is 172 g/mol. The van der Waals surface area contributed by atoms with Crippen molar-refractivity contribution >= 4 is 5.97 Å². The first-order valence-electron chi connectivity index (χ1n) is 4.05. The Hall–Kier alpha value is -0.870. The number of hydrogen-bond acceptors (Lipinski definition) is 4. The number of methoxy groups -OCH3 is 1. The number of ether oxygens (including phenoxy) is 3. The fourth-order valence-corrected chi connectivity index (χ4v) is 1.12. The minimum atomic E-state index is -0.637. The standard InChI is InChI=1S/C9H14O4/c1-6(8(10)11-4)7-5-12-9(2,3)13-7/h7H,1,5H2,2-4H3. The van der Waals surface area contributed by atoms with Gasteiger partial charge in [-0.1, -0.05) is 6.58 Å². The van der Waals surface area contributed by atoms with Crippen LogP contribution in [-0.2, 0) is 19.0 Å². The fourth-order valence-electron chi connectivity index (χ4n) is 1.12. The zero-order valence-electron chi connectivity index (χ0n) is 8.12. The van der Waals surface area contributed by atoms with Gasteiger partial charge in [0, 0.05) is 0 Å². The van der Waals surface area contributed by atoms with Crippen LogP contribution in [0.1, 0.15) is 13.8 Å². The van der Waals surface area contributed by atoms with Gasteiger partial charge in [-0.25, -0.2) is 4.79 Å². The van der Waals surface area contributed by atoms with Crippen molar-refractivity contribution in [2.75, 3.05) is 13.7 Å². The molecule has 1 fully saturated rings. The largest absolute Gasteiger partial charge is 0.466 e. The van der Waals surface area contributed by atoms with Crippen LogP contribution in [0, 0.1) is 0 Å². The lowest BCUT2D eigenvalue weighted by Crippen LogP contribution is -2.24. The van der Waals surface area contributed by atoms with Gasteiger partial charge < -0.3 is 14.2 Å². The van der Waals surface area contributed by atoms with E-state index in [4.69, 9.17) is 9.47 Å². The van der Waals surface area contributed by atoms with Gasteiger partial charge >= 0.3 is 5.97 Å². The maximum Gasteiger partial charge on any atom is 0.335 e. The normalized spacial score (nSPS) is 25.6. The Kier molecular flexibility index (Phi) is 2.73. The first-order valence-corrected chi connectivity index (χ1v) is 4.05. The fraction of sp³-hybridized carbons (Fsp3) is 0.667. The van der Waals surface area contributed by atoms with Crippen molar-refractivity contribution in [2.24, 2.45) is 0 Å². The van der Waals surface area contributed by atoms with Crippen molar-refractivity contribution in [1.29, 1.82) is 0 Å². The molecular formula is C9H14O4. The van der Waals surface area contributed by atoms with Crippen molar-refractivity contribution in [1.82, 2.24) is 0 Å². The highest BCUT2D eigenvalue weighted by Gasteiger charge is 2.36. The zero-order valence-corrected chi connectivity index (χ0v) is 8.12. The first-order chi connectivity index (χ1) is 5.96. The highest BCUT2D eigenvalue weighted by molar-refractivity contribution is 5.88. The molecule has 0 N–H and O–H groups in total. The van der Waals surface area contributed by atoms with Crippen LogP contribution in [-0.4, -0.2) is 31.6 Å². The monoisotopic (exact) mass is 186 g/mol. The molecule has 1 unspecified atom stereocenters. The maximum absolute atomic E-state index is 11.1. The summed E-state index contributed by atoms with van der Waals surface area (Å²) in [6, 6.07) is 0. The van der Waals surface area contributed by atoms with Crippen LogP contribution < -0.4 is 0 Å². The molecule has 1 saturated heterocycles. The summed E-state index contributed by atoms with van der Waals surface area (Å²) in [6.07, 6.45) is -0.387. The van der Waals surface area contributed by atoms with Crippen molar-refractivity contribution < 1.29 is 19.0 Å². The molecule has 1 aliphatic rings. The maximum atomic E-state index is 11.1. The molecule has 74 valence electrons. The van der Waals surface area contributed by atoms with Crippen molar-refractivity contribution in [3.8, 4) is 0 Å². The molecule has 0 amide bonds.